The first-order valence-corrected chi connectivity index (χ1v) is 6.02. The molecule has 2 aliphatic rings. The Morgan fingerprint density at radius 1 is 1.41 bits per heavy atom. The maximum Gasteiger partial charge on any atom is 0.411 e. The number of hydrogen-bond acceptors (Lipinski definition) is 3. The molecule has 5 nitrogen and oxygen atoms in total. The van der Waals surface area contributed by atoms with E-state index in [0.717, 1.165) is 12.8 Å². The molecule has 1 unspecified atom stereocenters. The Hall–Kier alpha value is -1.26. The first kappa shape index (κ1) is 12.2. The minimum Gasteiger partial charge on any atom is -0.444 e. The van der Waals surface area contributed by atoms with Crippen molar-refractivity contribution in [3.05, 3.63) is 0 Å². The summed E-state index contributed by atoms with van der Waals surface area (Å²) >= 11 is 0. The molecule has 2 saturated heterocycles. The highest BCUT2D eigenvalue weighted by molar-refractivity contribution is 5.96. The van der Waals surface area contributed by atoms with E-state index in [1.165, 1.54) is 0 Å². The van der Waals surface area contributed by atoms with Crippen LogP contribution in [0.1, 0.15) is 33.6 Å². The van der Waals surface area contributed by atoms with Gasteiger partial charge in [-0.2, -0.15) is 0 Å². The van der Waals surface area contributed by atoms with Gasteiger partial charge in [-0.25, -0.2) is 4.79 Å². The van der Waals surface area contributed by atoms with Crippen molar-refractivity contribution in [1.82, 2.24) is 9.80 Å². The molecule has 2 rings (SSSR count). The van der Waals surface area contributed by atoms with Gasteiger partial charge in [0.25, 0.3) is 0 Å². The summed E-state index contributed by atoms with van der Waals surface area (Å²) in [4.78, 5) is 27.3. The van der Waals surface area contributed by atoms with E-state index < -0.39 is 11.1 Å². The Morgan fingerprint density at radius 3 is 2.53 bits per heavy atom. The van der Waals surface area contributed by atoms with Crippen LogP contribution < -0.4 is 0 Å². The van der Waals surface area contributed by atoms with E-state index in [1.54, 1.807) is 16.8 Å². The van der Waals surface area contributed by atoms with Gasteiger partial charge in [0, 0.05) is 13.6 Å². The second-order valence-corrected chi connectivity index (χ2v) is 5.93. The Kier molecular flexibility index (Phi) is 2.60. The van der Waals surface area contributed by atoms with Crippen LogP contribution in [0.3, 0.4) is 0 Å². The molecule has 0 N–H and O–H groups in total. The average molecular weight is 240 g/mol. The molecule has 96 valence electrons. The summed E-state index contributed by atoms with van der Waals surface area (Å²) in [5.41, 5.74) is -1.11. The summed E-state index contributed by atoms with van der Waals surface area (Å²) < 4.78 is 5.35. The van der Waals surface area contributed by atoms with Gasteiger partial charge in [-0.15, -0.1) is 0 Å². The summed E-state index contributed by atoms with van der Waals surface area (Å²) in [5.74, 6) is 0.0425. The second-order valence-electron chi connectivity index (χ2n) is 5.93. The van der Waals surface area contributed by atoms with Crippen LogP contribution in [0.2, 0.25) is 0 Å². The van der Waals surface area contributed by atoms with Crippen LogP contribution in [0.5, 0.6) is 0 Å². The maximum absolute atomic E-state index is 12.1. The average Bonchev–Trinajstić information content (AvgIpc) is 2.61. The lowest BCUT2D eigenvalue weighted by atomic mass is 9.86. The molecule has 0 saturated carbocycles. The van der Waals surface area contributed by atoms with Gasteiger partial charge in [0.15, 0.2) is 0 Å². The highest BCUT2D eigenvalue weighted by atomic mass is 16.6. The van der Waals surface area contributed by atoms with Crippen molar-refractivity contribution >= 4 is 12.0 Å². The molecule has 1 spiro atoms. The fourth-order valence-corrected chi connectivity index (χ4v) is 2.64. The molecule has 17 heavy (non-hydrogen) atoms. The Morgan fingerprint density at radius 2 is 2.06 bits per heavy atom. The highest BCUT2D eigenvalue weighted by Crippen LogP contribution is 2.38. The molecule has 0 bridgehead atoms. The van der Waals surface area contributed by atoms with Crippen LogP contribution in [0, 0.1) is 0 Å². The number of likely N-dealkylation sites (tertiary alicyclic amines) is 2. The van der Waals surface area contributed by atoms with Gasteiger partial charge in [-0.05, 0) is 33.6 Å². The van der Waals surface area contributed by atoms with Gasteiger partial charge < -0.3 is 9.64 Å². The van der Waals surface area contributed by atoms with E-state index in [1.807, 2.05) is 20.8 Å². The Bertz CT molecular complexity index is 361. The lowest BCUT2D eigenvalue weighted by molar-refractivity contribution is -0.157. The molecule has 2 fully saturated rings. The first-order valence-electron chi connectivity index (χ1n) is 6.02. The zero-order valence-electron chi connectivity index (χ0n) is 10.9. The number of carbonyl (C=O) groups is 2. The van der Waals surface area contributed by atoms with Gasteiger partial charge >= 0.3 is 6.09 Å². The molecule has 5 heteroatoms. The van der Waals surface area contributed by atoms with Crippen molar-refractivity contribution in [3.8, 4) is 0 Å². The number of hydrogen-bond donors (Lipinski definition) is 0. The van der Waals surface area contributed by atoms with Crippen LogP contribution in [-0.2, 0) is 9.53 Å². The van der Waals surface area contributed by atoms with Crippen molar-refractivity contribution in [2.24, 2.45) is 0 Å². The van der Waals surface area contributed by atoms with Gasteiger partial charge in [0.1, 0.15) is 11.1 Å². The Balaban J connectivity index is 2.11. The third-order valence-electron chi connectivity index (χ3n) is 3.35. The zero-order valence-corrected chi connectivity index (χ0v) is 10.9. The van der Waals surface area contributed by atoms with Gasteiger partial charge in [0.2, 0.25) is 5.91 Å². The standard InChI is InChI=1S/C12H20N2O3/c1-11(2,3)17-10(16)14-7-5-6-12(14)8-13(4)9(12)15/h5-8H2,1-4H3. The second kappa shape index (κ2) is 3.62. The maximum atomic E-state index is 12.1. The van der Waals surface area contributed by atoms with E-state index in [4.69, 9.17) is 4.74 Å². The summed E-state index contributed by atoms with van der Waals surface area (Å²) in [6.45, 7) is 6.76. The van der Waals surface area contributed by atoms with Crippen LogP contribution in [0.4, 0.5) is 4.79 Å². The monoisotopic (exact) mass is 240 g/mol. The zero-order chi connectivity index (χ0) is 12.8. The highest BCUT2D eigenvalue weighted by Gasteiger charge is 2.59. The summed E-state index contributed by atoms with van der Waals surface area (Å²) in [7, 11) is 1.76. The van der Waals surface area contributed by atoms with Crippen LogP contribution >= 0.6 is 0 Å². The number of β-lactam (4-membered cyclic amide) rings is 1. The minimum absolute atomic E-state index is 0.0425. The van der Waals surface area contributed by atoms with E-state index in [2.05, 4.69) is 0 Å². The Labute approximate surface area is 102 Å². The number of rotatable bonds is 0. The lowest BCUT2D eigenvalue weighted by Gasteiger charge is -2.49. The number of likely N-dealkylation sites (N-methyl/N-ethyl adjacent to an activating group) is 1. The van der Waals surface area contributed by atoms with Crippen molar-refractivity contribution in [2.75, 3.05) is 20.1 Å². The molecule has 0 aliphatic carbocycles. The van der Waals surface area contributed by atoms with Crippen molar-refractivity contribution < 1.29 is 14.3 Å². The largest absolute Gasteiger partial charge is 0.444 e. The molecule has 2 amide bonds. The predicted octanol–water partition coefficient (Wildman–Crippen LogP) is 1.23. The smallest absolute Gasteiger partial charge is 0.411 e. The van der Waals surface area contributed by atoms with Gasteiger partial charge in [0.05, 0.1) is 6.54 Å². The van der Waals surface area contributed by atoms with Gasteiger partial charge in [-0.3, -0.25) is 9.69 Å². The van der Waals surface area contributed by atoms with E-state index in [0.29, 0.717) is 13.1 Å². The lowest BCUT2D eigenvalue weighted by Crippen LogP contribution is -2.71. The third-order valence-corrected chi connectivity index (χ3v) is 3.35. The normalized spacial score (nSPS) is 28.6. The van der Waals surface area contributed by atoms with E-state index >= 15 is 0 Å². The fourth-order valence-electron chi connectivity index (χ4n) is 2.64. The van der Waals surface area contributed by atoms with Crippen molar-refractivity contribution in [2.45, 2.75) is 44.8 Å². The molecule has 2 heterocycles. The van der Waals surface area contributed by atoms with Crippen LogP contribution in [0.25, 0.3) is 0 Å². The molecule has 0 radical (unpaired) electrons. The molecule has 0 aromatic rings. The van der Waals surface area contributed by atoms with Gasteiger partial charge in [-0.1, -0.05) is 0 Å². The van der Waals surface area contributed by atoms with Crippen molar-refractivity contribution in [3.63, 3.8) is 0 Å². The summed E-state index contributed by atoms with van der Waals surface area (Å²) in [6, 6.07) is 0. The van der Waals surface area contributed by atoms with Crippen LogP contribution in [0.15, 0.2) is 0 Å². The molecular weight excluding hydrogens is 220 g/mol. The molecule has 2 aliphatic heterocycles. The SMILES string of the molecule is CN1CC2(CCCN2C(=O)OC(C)(C)C)C1=O. The molecule has 0 aromatic carbocycles. The molecular formula is C12H20N2O3. The number of amides is 2. The molecule has 0 aromatic heterocycles. The van der Waals surface area contributed by atoms with E-state index in [9.17, 15) is 9.59 Å². The third kappa shape index (κ3) is 1.87. The predicted molar refractivity (Wildman–Crippen MR) is 62.5 cm³/mol. The number of carbonyl (C=O) groups excluding carboxylic acids is 2. The summed E-state index contributed by atoms with van der Waals surface area (Å²) in [5, 5.41) is 0. The number of ether oxygens (including phenoxy) is 1. The minimum atomic E-state index is -0.600. The fraction of sp³-hybridized carbons (Fsp3) is 0.833. The quantitative estimate of drug-likeness (QED) is 0.598. The van der Waals surface area contributed by atoms with Crippen molar-refractivity contribution in [1.29, 1.82) is 0 Å². The van der Waals surface area contributed by atoms with Crippen LogP contribution in [-0.4, -0.2) is 53.1 Å². The summed E-state index contributed by atoms with van der Waals surface area (Å²) in [6.07, 6.45) is 1.27. The van der Waals surface area contributed by atoms with E-state index in [-0.39, 0.29) is 12.0 Å². The number of nitrogens with zero attached hydrogens (tertiary/aromatic N) is 2. The molecule has 1 atom stereocenters. The topological polar surface area (TPSA) is 49.9 Å². The first-order chi connectivity index (χ1) is 7.76.